The number of sulfonamides is 1. The van der Waals surface area contributed by atoms with Crippen molar-refractivity contribution >= 4 is 43.5 Å². The van der Waals surface area contributed by atoms with Crippen LogP contribution in [0.5, 0.6) is 11.5 Å². The average molecular weight is 661 g/mol. The van der Waals surface area contributed by atoms with Crippen LogP contribution in [0.2, 0.25) is 0 Å². The van der Waals surface area contributed by atoms with E-state index in [0.29, 0.717) is 11.4 Å². The monoisotopic (exact) mass is 659 g/mol. The zero-order valence-corrected chi connectivity index (χ0v) is 27.4. The van der Waals surface area contributed by atoms with Crippen LogP contribution in [0, 0.1) is 13.8 Å². The summed E-state index contributed by atoms with van der Waals surface area (Å²) in [6, 6.07) is 16.0. The van der Waals surface area contributed by atoms with Crippen molar-refractivity contribution < 1.29 is 27.5 Å². The number of hydrogen-bond acceptors (Lipinski definition) is 6. The van der Waals surface area contributed by atoms with E-state index in [0.717, 1.165) is 25.5 Å². The van der Waals surface area contributed by atoms with E-state index in [4.69, 9.17) is 9.47 Å². The molecule has 0 aromatic heterocycles. The van der Waals surface area contributed by atoms with E-state index in [1.54, 1.807) is 19.1 Å². The summed E-state index contributed by atoms with van der Waals surface area (Å²) in [7, 11) is -1.40. The average Bonchev–Trinajstić information content (AvgIpc) is 2.92. The van der Waals surface area contributed by atoms with Crippen LogP contribution in [-0.4, -0.2) is 58.0 Å². The SMILES string of the molecule is COc1ccc(S(=O)(=O)N(CC(=O)N(Cc2cccc(Br)c2)C(C)C(=O)NC(C)C)c2cc(C)cc(C)c2)cc1OC. The Morgan fingerprint density at radius 1 is 0.905 bits per heavy atom. The fourth-order valence-corrected chi connectivity index (χ4v) is 6.41. The second-order valence-electron chi connectivity index (χ2n) is 10.4. The topological polar surface area (TPSA) is 105 Å². The molecule has 3 aromatic carbocycles. The number of amides is 2. The van der Waals surface area contributed by atoms with Crippen LogP contribution in [0.25, 0.3) is 0 Å². The molecule has 0 heterocycles. The Balaban J connectivity index is 2.11. The van der Waals surface area contributed by atoms with Gasteiger partial charge in [-0.25, -0.2) is 8.42 Å². The molecule has 42 heavy (non-hydrogen) atoms. The van der Waals surface area contributed by atoms with Gasteiger partial charge in [0.25, 0.3) is 10.0 Å². The van der Waals surface area contributed by atoms with Crippen molar-refractivity contribution in [2.24, 2.45) is 0 Å². The molecule has 0 aliphatic rings. The smallest absolute Gasteiger partial charge is 0.264 e. The minimum absolute atomic E-state index is 0.0729. The lowest BCUT2D eigenvalue weighted by atomic mass is 10.1. The van der Waals surface area contributed by atoms with Gasteiger partial charge in [-0.3, -0.25) is 13.9 Å². The second-order valence-corrected chi connectivity index (χ2v) is 13.1. The van der Waals surface area contributed by atoms with Gasteiger partial charge in [-0.05, 0) is 87.7 Å². The minimum Gasteiger partial charge on any atom is -0.493 e. The fraction of sp³-hybridized carbons (Fsp3) is 0.355. The molecule has 0 bridgehead atoms. The summed E-state index contributed by atoms with van der Waals surface area (Å²) < 4.78 is 40.9. The number of benzene rings is 3. The Hall–Kier alpha value is -3.57. The van der Waals surface area contributed by atoms with Crippen LogP contribution in [0.15, 0.2) is 70.0 Å². The third-order valence-electron chi connectivity index (χ3n) is 6.56. The molecule has 2 amide bonds. The summed E-state index contributed by atoms with van der Waals surface area (Å²) in [5.74, 6) is -0.269. The highest BCUT2D eigenvalue weighted by Gasteiger charge is 2.33. The van der Waals surface area contributed by atoms with Gasteiger partial charge < -0.3 is 19.7 Å². The first kappa shape index (κ1) is 32.9. The highest BCUT2D eigenvalue weighted by Crippen LogP contribution is 2.33. The Morgan fingerprint density at radius 2 is 1.55 bits per heavy atom. The van der Waals surface area contributed by atoms with Crippen molar-refractivity contribution in [2.45, 2.75) is 58.1 Å². The number of hydrogen-bond donors (Lipinski definition) is 1. The van der Waals surface area contributed by atoms with Gasteiger partial charge in [0.05, 0.1) is 24.8 Å². The van der Waals surface area contributed by atoms with E-state index in [9.17, 15) is 18.0 Å². The highest BCUT2D eigenvalue weighted by molar-refractivity contribution is 9.10. The Kier molecular flexibility index (Phi) is 11.0. The molecule has 1 atom stereocenters. The first-order valence-corrected chi connectivity index (χ1v) is 15.7. The molecule has 0 radical (unpaired) electrons. The summed E-state index contributed by atoms with van der Waals surface area (Å²) in [5, 5.41) is 2.85. The number of carbonyl (C=O) groups excluding carboxylic acids is 2. The van der Waals surface area contributed by atoms with Crippen molar-refractivity contribution in [3.05, 3.63) is 81.8 Å². The number of nitrogens with one attached hydrogen (secondary N) is 1. The van der Waals surface area contributed by atoms with Crippen molar-refractivity contribution in [3.63, 3.8) is 0 Å². The molecule has 226 valence electrons. The maximum absolute atomic E-state index is 14.2. The molecule has 0 aliphatic carbocycles. The van der Waals surface area contributed by atoms with Gasteiger partial charge in [0, 0.05) is 23.1 Å². The van der Waals surface area contributed by atoms with Crippen molar-refractivity contribution in [3.8, 4) is 11.5 Å². The standard InChI is InChI=1S/C31H38BrN3O6S/c1-20(2)33-31(37)23(5)34(18-24-9-8-10-25(32)16-24)30(36)19-35(26-14-21(3)13-22(4)15-26)42(38,39)27-11-12-28(40-6)29(17-27)41-7/h8-17,20,23H,18-19H2,1-7H3,(H,33,37). The number of nitrogens with zero attached hydrogens (tertiary/aromatic N) is 2. The predicted molar refractivity (Wildman–Crippen MR) is 167 cm³/mol. The molecular weight excluding hydrogens is 622 g/mol. The van der Waals surface area contributed by atoms with Crippen LogP contribution in [0.4, 0.5) is 5.69 Å². The summed E-state index contributed by atoms with van der Waals surface area (Å²) in [4.78, 5) is 28.5. The number of ether oxygens (including phenoxy) is 2. The van der Waals surface area contributed by atoms with Crippen LogP contribution in [0.3, 0.4) is 0 Å². The van der Waals surface area contributed by atoms with Gasteiger partial charge in [-0.15, -0.1) is 0 Å². The van der Waals surface area contributed by atoms with Gasteiger partial charge in [0.1, 0.15) is 12.6 Å². The molecule has 1 unspecified atom stereocenters. The number of rotatable bonds is 12. The Bertz CT molecular complexity index is 1520. The molecule has 3 rings (SSSR count). The molecule has 1 N–H and O–H groups in total. The normalized spacial score (nSPS) is 12.0. The summed E-state index contributed by atoms with van der Waals surface area (Å²) in [5.41, 5.74) is 2.78. The molecule has 0 saturated heterocycles. The quantitative estimate of drug-likeness (QED) is 0.286. The van der Waals surface area contributed by atoms with E-state index >= 15 is 0 Å². The molecule has 3 aromatic rings. The number of aryl methyl sites for hydroxylation is 2. The fourth-order valence-electron chi connectivity index (χ4n) is 4.55. The van der Waals surface area contributed by atoms with Crippen molar-refractivity contribution in [1.29, 1.82) is 0 Å². The molecule has 0 fully saturated rings. The maximum Gasteiger partial charge on any atom is 0.264 e. The van der Waals surface area contributed by atoms with E-state index in [1.807, 2.05) is 58.0 Å². The van der Waals surface area contributed by atoms with Gasteiger partial charge in [0.15, 0.2) is 11.5 Å². The zero-order valence-electron chi connectivity index (χ0n) is 25.0. The van der Waals surface area contributed by atoms with E-state index in [1.165, 1.54) is 37.3 Å². The molecular formula is C31H38BrN3O6S. The maximum atomic E-state index is 14.2. The van der Waals surface area contributed by atoms with Crippen LogP contribution in [-0.2, 0) is 26.2 Å². The number of carbonyl (C=O) groups is 2. The van der Waals surface area contributed by atoms with Gasteiger partial charge >= 0.3 is 0 Å². The van der Waals surface area contributed by atoms with E-state index < -0.39 is 28.5 Å². The Morgan fingerprint density at radius 3 is 2.12 bits per heavy atom. The molecule has 9 nitrogen and oxygen atoms in total. The van der Waals surface area contributed by atoms with Gasteiger partial charge in [0.2, 0.25) is 11.8 Å². The third kappa shape index (κ3) is 8.04. The summed E-state index contributed by atoms with van der Waals surface area (Å²) in [6.45, 7) is 8.59. The van der Waals surface area contributed by atoms with Crippen LogP contribution >= 0.6 is 15.9 Å². The van der Waals surface area contributed by atoms with E-state index in [-0.39, 0.29) is 29.1 Å². The number of methoxy groups -OCH3 is 2. The predicted octanol–water partition coefficient (Wildman–Crippen LogP) is 5.22. The summed E-state index contributed by atoms with van der Waals surface area (Å²) >= 11 is 3.46. The molecule has 0 saturated carbocycles. The number of halogens is 1. The molecule has 11 heteroatoms. The second kappa shape index (κ2) is 14.1. The molecule has 0 aliphatic heterocycles. The largest absolute Gasteiger partial charge is 0.493 e. The molecule has 0 spiro atoms. The lowest BCUT2D eigenvalue weighted by Gasteiger charge is -2.32. The lowest BCUT2D eigenvalue weighted by Crippen LogP contribution is -2.52. The van der Waals surface area contributed by atoms with Crippen molar-refractivity contribution in [1.82, 2.24) is 10.2 Å². The first-order chi connectivity index (χ1) is 19.8. The zero-order chi connectivity index (χ0) is 31.2. The van der Waals surface area contributed by atoms with Gasteiger partial charge in [-0.2, -0.15) is 0 Å². The third-order valence-corrected chi connectivity index (χ3v) is 8.82. The highest BCUT2D eigenvalue weighted by atomic mass is 79.9. The van der Waals surface area contributed by atoms with E-state index in [2.05, 4.69) is 21.2 Å². The Labute approximate surface area is 257 Å². The lowest BCUT2D eigenvalue weighted by molar-refractivity contribution is -0.139. The van der Waals surface area contributed by atoms with Gasteiger partial charge in [-0.1, -0.05) is 34.1 Å². The summed E-state index contributed by atoms with van der Waals surface area (Å²) in [6.07, 6.45) is 0. The van der Waals surface area contributed by atoms with Crippen LogP contribution < -0.4 is 19.1 Å². The number of anilines is 1. The van der Waals surface area contributed by atoms with Crippen molar-refractivity contribution in [2.75, 3.05) is 25.1 Å². The van der Waals surface area contributed by atoms with Crippen LogP contribution in [0.1, 0.15) is 37.5 Å². The minimum atomic E-state index is -4.28. The first-order valence-electron chi connectivity index (χ1n) is 13.4.